The smallest absolute Gasteiger partial charge is 0.467 e. The van der Waals surface area contributed by atoms with E-state index in [4.69, 9.17) is 0 Å². The molecule has 0 saturated heterocycles. The molecule has 0 bridgehead atoms. The van der Waals surface area contributed by atoms with Crippen LogP contribution in [0.3, 0.4) is 0 Å². The highest BCUT2D eigenvalue weighted by Crippen LogP contribution is 2.29. The van der Waals surface area contributed by atoms with Gasteiger partial charge in [0, 0.05) is 10.9 Å². The first kappa shape index (κ1) is 18.6. The number of benzene rings is 1. The number of ether oxygens (including phenoxy) is 3. The van der Waals surface area contributed by atoms with Crippen molar-refractivity contribution >= 4 is 22.8 Å². The van der Waals surface area contributed by atoms with Gasteiger partial charge in [-0.25, -0.2) is 9.59 Å². The highest BCUT2D eigenvalue weighted by atomic mass is 19.4. The first-order valence-corrected chi connectivity index (χ1v) is 6.89. The van der Waals surface area contributed by atoms with E-state index in [1.54, 1.807) is 0 Å². The van der Waals surface area contributed by atoms with Crippen molar-refractivity contribution in [3.05, 3.63) is 30.0 Å². The van der Waals surface area contributed by atoms with E-state index in [0.29, 0.717) is 5.52 Å². The number of hydrogen-bond donors (Lipinski definition) is 1. The van der Waals surface area contributed by atoms with Crippen LogP contribution in [-0.2, 0) is 20.8 Å². The number of fused-ring (bicyclic) bond motifs is 1. The molecule has 1 unspecified atom stereocenters. The normalized spacial score (nSPS) is 12.7. The van der Waals surface area contributed by atoms with Crippen LogP contribution >= 0.6 is 0 Å². The molecule has 1 aromatic heterocycles. The SMILES string of the molecule is COC(=O)c1cc2cc(OC(F)(F)F)ccc2n1CC(O)C(=O)OC. The molecule has 136 valence electrons. The number of carbonyl (C=O) groups excluding carboxylic acids is 2. The van der Waals surface area contributed by atoms with E-state index < -0.39 is 30.2 Å². The van der Waals surface area contributed by atoms with Gasteiger partial charge in [-0.05, 0) is 24.3 Å². The van der Waals surface area contributed by atoms with Crippen molar-refractivity contribution in [2.45, 2.75) is 19.0 Å². The molecule has 2 aromatic rings. The Morgan fingerprint density at radius 3 is 2.44 bits per heavy atom. The molecule has 0 amide bonds. The Labute approximate surface area is 139 Å². The molecule has 0 spiro atoms. The van der Waals surface area contributed by atoms with E-state index in [0.717, 1.165) is 26.4 Å². The van der Waals surface area contributed by atoms with Crippen LogP contribution in [0.2, 0.25) is 0 Å². The molecule has 10 heteroatoms. The fraction of sp³-hybridized carbons (Fsp3) is 0.333. The number of carbonyl (C=O) groups is 2. The minimum Gasteiger partial charge on any atom is -0.467 e. The number of aliphatic hydroxyl groups excluding tert-OH is 1. The molecule has 1 atom stereocenters. The summed E-state index contributed by atoms with van der Waals surface area (Å²) in [5, 5.41) is 10.0. The number of alkyl halides is 3. The van der Waals surface area contributed by atoms with Crippen LogP contribution in [0.15, 0.2) is 24.3 Å². The maximum absolute atomic E-state index is 12.3. The summed E-state index contributed by atoms with van der Waals surface area (Å²) in [5.41, 5.74) is 0.252. The molecule has 2 rings (SSSR count). The molecule has 0 saturated carbocycles. The molecule has 1 heterocycles. The van der Waals surface area contributed by atoms with Crippen molar-refractivity contribution in [3.8, 4) is 5.75 Å². The summed E-state index contributed by atoms with van der Waals surface area (Å²) in [5.74, 6) is -2.18. The summed E-state index contributed by atoms with van der Waals surface area (Å²) in [6.07, 6.45) is -6.43. The van der Waals surface area contributed by atoms with Crippen LogP contribution < -0.4 is 4.74 Å². The predicted molar refractivity (Wildman–Crippen MR) is 78.0 cm³/mol. The summed E-state index contributed by atoms with van der Waals surface area (Å²) in [6.45, 7) is -0.347. The minimum atomic E-state index is -4.86. The molecule has 1 N–H and O–H groups in total. The van der Waals surface area contributed by atoms with E-state index in [9.17, 15) is 27.9 Å². The van der Waals surface area contributed by atoms with Crippen LogP contribution in [0.5, 0.6) is 5.75 Å². The average molecular weight is 361 g/mol. The molecule has 0 radical (unpaired) electrons. The predicted octanol–water partition coefficient (Wildman–Crippen LogP) is 1.86. The van der Waals surface area contributed by atoms with Crippen molar-refractivity contribution < 1.29 is 42.1 Å². The Balaban J connectivity index is 2.49. The summed E-state index contributed by atoms with van der Waals surface area (Å²) in [6, 6.07) is 4.68. The Morgan fingerprint density at radius 2 is 1.88 bits per heavy atom. The number of rotatable bonds is 5. The number of halogens is 3. The van der Waals surface area contributed by atoms with Gasteiger partial charge in [-0.2, -0.15) is 0 Å². The van der Waals surface area contributed by atoms with E-state index in [-0.39, 0.29) is 17.6 Å². The highest BCUT2D eigenvalue weighted by Gasteiger charge is 2.31. The first-order valence-electron chi connectivity index (χ1n) is 6.89. The molecular formula is C15H14F3NO6. The molecule has 0 aliphatic heterocycles. The average Bonchev–Trinajstić information content (AvgIpc) is 2.89. The summed E-state index contributed by atoms with van der Waals surface area (Å²) >= 11 is 0. The first-order chi connectivity index (χ1) is 11.7. The molecule has 7 nitrogen and oxygen atoms in total. The van der Waals surface area contributed by atoms with Gasteiger partial charge in [-0.15, -0.1) is 13.2 Å². The van der Waals surface area contributed by atoms with Crippen molar-refractivity contribution in [2.75, 3.05) is 14.2 Å². The lowest BCUT2D eigenvalue weighted by Gasteiger charge is -2.13. The maximum Gasteiger partial charge on any atom is 0.573 e. The van der Waals surface area contributed by atoms with Crippen LogP contribution in [-0.4, -0.2) is 48.3 Å². The van der Waals surface area contributed by atoms with Gasteiger partial charge in [0.05, 0.1) is 20.8 Å². The molecule has 1 aromatic carbocycles. The van der Waals surface area contributed by atoms with Gasteiger partial charge in [0.1, 0.15) is 11.4 Å². The van der Waals surface area contributed by atoms with E-state index in [1.807, 2.05) is 0 Å². The number of esters is 2. The van der Waals surface area contributed by atoms with Crippen LogP contribution in [0.4, 0.5) is 13.2 Å². The monoisotopic (exact) mass is 361 g/mol. The van der Waals surface area contributed by atoms with Crippen molar-refractivity contribution in [3.63, 3.8) is 0 Å². The van der Waals surface area contributed by atoms with E-state index in [1.165, 1.54) is 16.7 Å². The topological polar surface area (TPSA) is 87.0 Å². The molecule has 0 aliphatic rings. The zero-order chi connectivity index (χ0) is 18.8. The van der Waals surface area contributed by atoms with Crippen molar-refractivity contribution in [1.29, 1.82) is 0 Å². The lowest BCUT2D eigenvalue weighted by molar-refractivity contribution is -0.274. The molecule has 0 fully saturated rings. The van der Waals surface area contributed by atoms with Gasteiger partial charge in [-0.1, -0.05) is 0 Å². The Hall–Kier alpha value is -2.75. The summed E-state index contributed by atoms with van der Waals surface area (Å²) in [7, 11) is 2.21. The second-order valence-electron chi connectivity index (χ2n) is 4.94. The second kappa shape index (κ2) is 7.01. The quantitative estimate of drug-likeness (QED) is 0.818. The third kappa shape index (κ3) is 4.21. The summed E-state index contributed by atoms with van der Waals surface area (Å²) in [4.78, 5) is 23.3. The number of aromatic nitrogens is 1. The van der Waals surface area contributed by atoms with Gasteiger partial charge < -0.3 is 23.9 Å². The van der Waals surface area contributed by atoms with Gasteiger partial charge in [0.15, 0.2) is 6.10 Å². The lowest BCUT2D eigenvalue weighted by atomic mass is 10.2. The number of methoxy groups -OCH3 is 2. The van der Waals surface area contributed by atoms with Crippen molar-refractivity contribution in [1.82, 2.24) is 4.57 Å². The van der Waals surface area contributed by atoms with Crippen LogP contribution in [0.1, 0.15) is 10.5 Å². The van der Waals surface area contributed by atoms with Gasteiger partial charge in [-0.3, -0.25) is 0 Å². The Morgan fingerprint density at radius 1 is 1.20 bits per heavy atom. The van der Waals surface area contributed by atoms with E-state index >= 15 is 0 Å². The standard InChI is InChI=1S/C15H14F3NO6/c1-23-13(21)11-6-8-5-9(25-15(16,17)18)3-4-10(8)19(11)7-12(20)14(22)24-2/h3-6,12,20H,7H2,1-2H3. The Kier molecular flexibility index (Phi) is 5.21. The van der Waals surface area contributed by atoms with E-state index in [2.05, 4.69) is 14.2 Å². The fourth-order valence-electron chi connectivity index (χ4n) is 2.30. The molecule has 25 heavy (non-hydrogen) atoms. The molecule has 0 aliphatic carbocycles. The van der Waals surface area contributed by atoms with Crippen LogP contribution in [0.25, 0.3) is 10.9 Å². The third-order valence-corrected chi connectivity index (χ3v) is 3.33. The lowest BCUT2D eigenvalue weighted by Crippen LogP contribution is -2.28. The molecular weight excluding hydrogens is 347 g/mol. The highest BCUT2D eigenvalue weighted by molar-refractivity contribution is 5.96. The number of nitrogens with zero attached hydrogens (tertiary/aromatic N) is 1. The van der Waals surface area contributed by atoms with Gasteiger partial charge in [0.2, 0.25) is 0 Å². The zero-order valence-corrected chi connectivity index (χ0v) is 13.2. The maximum atomic E-state index is 12.3. The second-order valence-corrected chi connectivity index (χ2v) is 4.94. The van der Waals surface area contributed by atoms with Gasteiger partial charge in [0.25, 0.3) is 0 Å². The number of hydrogen-bond acceptors (Lipinski definition) is 6. The largest absolute Gasteiger partial charge is 0.573 e. The number of aliphatic hydroxyl groups is 1. The van der Waals surface area contributed by atoms with Crippen molar-refractivity contribution in [2.24, 2.45) is 0 Å². The minimum absolute atomic E-state index is 0.0513. The van der Waals surface area contributed by atoms with Gasteiger partial charge >= 0.3 is 18.3 Å². The summed E-state index contributed by atoms with van der Waals surface area (Å²) < 4.78 is 51.1. The zero-order valence-electron chi connectivity index (χ0n) is 13.2. The van der Waals surface area contributed by atoms with Crippen LogP contribution in [0, 0.1) is 0 Å². The fourth-order valence-corrected chi connectivity index (χ4v) is 2.30. The third-order valence-electron chi connectivity index (χ3n) is 3.33. The Bertz CT molecular complexity index is 798.